The number of benzene rings is 2. The molecule has 0 aliphatic heterocycles. The lowest BCUT2D eigenvalue weighted by Crippen LogP contribution is -2.15. The van der Waals surface area contributed by atoms with Crippen molar-refractivity contribution in [3.63, 3.8) is 0 Å². The van der Waals surface area contributed by atoms with Crippen LogP contribution in [0.3, 0.4) is 0 Å². The summed E-state index contributed by atoms with van der Waals surface area (Å²) in [6.45, 7) is 0.323. The number of hydrogen-bond donors (Lipinski definition) is 1. The van der Waals surface area contributed by atoms with Crippen LogP contribution in [0, 0.1) is 11.6 Å². The van der Waals surface area contributed by atoms with E-state index in [0.717, 1.165) is 17.7 Å². The highest BCUT2D eigenvalue weighted by Crippen LogP contribution is 2.23. The summed E-state index contributed by atoms with van der Waals surface area (Å²) in [5.41, 5.74) is 0.807. The first kappa shape index (κ1) is 18.6. The second-order valence-electron chi connectivity index (χ2n) is 5.33. The molecule has 0 radical (unpaired) electrons. The van der Waals surface area contributed by atoms with Gasteiger partial charge in [0.25, 0.3) is 10.0 Å². The van der Waals surface area contributed by atoms with Crippen LogP contribution in [0.25, 0.3) is 0 Å². The average molecular weight is 418 g/mol. The van der Waals surface area contributed by atoms with Crippen molar-refractivity contribution >= 4 is 39.0 Å². The highest BCUT2D eigenvalue weighted by atomic mass is 35.5. The van der Waals surface area contributed by atoms with Gasteiger partial charge in [0, 0.05) is 18.3 Å². The Kier molecular flexibility index (Phi) is 5.17. The maximum Gasteiger partial charge on any atom is 0.266 e. The van der Waals surface area contributed by atoms with Crippen molar-refractivity contribution in [2.45, 2.75) is 11.4 Å². The van der Waals surface area contributed by atoms with Gasteiger partial charge in [0.2, 0.25) is 0 Å². The smallest absolute Gasteiger partial charge is 0.266 e. The summed E-state index contributed by atoms with van der Waals surface area (Å²) >= 11 is 11.8. The number of aromatic nitrogens is 2. The van der Waals surface area contributed by atoms with Gasteiger partial charge in [-0.1, -0.05) is 29.3 Å². The zero-order chi connectivity index (χ0) is 18.9. The summed E-state index contributed by atoms with van der Waals surface area (Å²) in [6, 6.07) is 8.69. The zero-order valence-corrected chi connectivity index (χ0v) is 15.3. The van der Waals surface area contributed by atoms with Crippen LogP contribution >= 0.6 is 23.2 Å². The predicted molar refractivity (Wildman–Crippen MR) is 95.0 cm³/mol. The second kappa shape index (κ2) is 7.22. The van der Waals surface area contributed by atoms with Crippen LogP contribution in [0.15, 0.2) is 53.6 Å². The van der Waals surface area contributed by atoms with Gasteiger partial charge < -0.3 is 0 Å². The van der Waals surface area contributed by atoms with Gasteiger partial charge in [-0.15, -0.1) is 0 Å². The van der Waals surface area contributed by atoms with Gasteiger partial charge in [0.1, 0.15) is 16.5 Å². The van der Waals surface area contributed by atoms with Crippen molar-refractivity contribution < 1.29 is 17.2 Å². The molecule has 3 aromatic rings. The van der Waals surface area contributed by atoms with Gasteiger partial charge >= 0.3 is 0 Å². The molecule has 3 rings (SSSR count). The molecule has 0 spiro atoms. The van der Waals surface area contributed by atoms with Crippen LogP contribution in [0.4, 0.5) is 14.6 Å². The summed E-state index contributed by atoms with van der Waals surface area (Å²) in [6.07, 6.45) is 1.54. The van der Waals surface area contributed by atoms with E-state index in [0.29, 0.717) is 22.7 Å². The standard InChI is InChI=1S/C16H11Cl2F2N3O2S/c17-12-3-1-10(7-13(12)18)9-23-6-5-16(21-23)22-26(24,25)15-4-2-11(19)8-14(15)20/h1-8H,9H2,(H,21,22). The normalized spacial score (nSPS) is 11.5. The molecule has 0 saturated carbocycles. The first-order valence-corrected chi connectivity index (χ1v) is 9.44. The van der Waals surface area contributed by atoms with Crippen molar-refractivity contribution in [3.8, 4) is 0 Å². The summed E-state index contributed by atoms with van der Waals surface area (Å²) in [7, 11) is -4.24. The molecule has 5 nitrogen and oxygen atoms in total. The van der Waals surface area contributed by atoms with Crippen LogP contribution < -0.4 is 4.72 Å². The number of rotatable bonds is 5. The lowest BCUT2D eigenvalue weighted by Gasteiger charge is -2.07. The molecule has 2 aromatic carbocycles. The van der Waals surface area contributed by atoms with Crippen molar-refractivity contribution in [3.05, 3.63) is 75.9 Å². The van der Waals surface area contributed by atoms with E-state index >= 15 is 0 Å². The molecule has 0 saturated heterocycles. The van der Waals surface area contributed by atoms with Gasteiger partial charge in [-0.2, -0.15) is 5.10 Å². The van der Waals surface area contributed by atoms with E-state index in [9.17, 15) is 17.2 Å². The Morgan fingerprint density at radius 1 is 1.04 bits per heavy atom. The molecule has 0 aliphatic carbocycles. The molecule has 0 fully saturated rings. The Balaban J connectivity index is 1.78. The third-order valence-electron chi connectivity index (χ3n) is 3.39. The molecule has 0 aliphatic rings. The van der Waals surface area contributed by atoms with E-state index in [2.05, 4.69) is 9.82 Å². The Bertz CT molecular complexity index is 1070. The fourth-order valence-electron chi connectivity index (χ4n) is 2.22. The summed E-state index contributed by atoms with van der Waals surface area (Å²) in [5.74, 6) is -2.06. The van der Waals surface area contributed by atoms with Gasteiger partial charge in [-0.05, 0) is 29.8 Å². The van der Waals surface area contributed by atoms with Crippen LogP contribution in [-0.4, -0.2) is 18.2 Å². The quantitative estimate of drug-likeness (QED) is 0.672. The topological polar surface area (TPSA) is 64.0 Å². The monoisotopic (exact) mass is 417 g/mol. The summed E-state index contributed by atoms with van der Waals surface area (Å²) < 4.78 is 54.7. The van der Waals surface area contributed by atoms with E-state index in [-0.39, 0.29) is 5.82 Å². The highest BCUT2D eigenvalue weighted by Gasteiger charge is 2.20. The van der Waals surface area contributed by atoms with E-state index < -0.39 is 26.6 Å². The first-order valence-electron chi connectivity index (χ1n) is 7.20. The molecule has 26 heavy (non-hydrogen) atoms. The predicted octanol–water partition coefficient (Wildman–Crippen LogP) is 4.32. The fourth-order valence-corrected chi connectivity index (χ4v) is 3.59. The van der Waals surface area contributed by atoms with Crippen molar-refractivity contribution in [1.82, 2.24) is 9.78 Å². The lowest BCUT2D eigenvalue weighted by atomic mass is 10.2. The Morgan fingerprint density at radius 2 is 1.81 bits per heavy atom. The van der Waals surface area contributed by atoms with Crippen LogP contribution in [-0.2, 0) is 16.6 Å². The maximum absolute atomic E-state index is 13.7. The largest absolute Gasteiger partial charge is 0.266 e. The van der Waals surface area contributed by atoms with Crippen molar-refractivity contribution in [1.29, 1.82) is 0 Å². The van der Waals surface area contributed by atoms with Crippen LogP contribution in [0.1, 0.15) is 5.56 Å². The molecule has 10 heteroatoms. The SMILES string of the molecule is O=S(=O)(Nc1ccn(Cc2ccc(Cl)c(Cl)c2)n1)c1ccc(F)cc1F. The first-order chi connectivity index (χ1) is 12.2. The van der Waals surface area contributed by atoms with Gasteiger partial charge in [0.15, 0.2) is 5.82 Å². The van der Waals surface area contributed by atoms with E-state index in [4.69, 9.17) is 23.2 Å². The Labute approximate surface area is 158 Å². The van der Waals surface area contributed by atoms with E-state index in [1.807, 2.05) is 0 Å². The minimum atomic E-state index is -4.24. The minimum absolute atomic E-state index is 0.00575. The summed E-state index contributed by atoms with van der Waals surface area (Å²) in [5, 5.41) is 4.88. The molecule has 136 valence electrons. The number of anilines is 1. The molecule has 1 N–H and O–H groups in total. The Hall–Kier alpha value is -2.16. The molecular formula is C16H11Cl2F2N3O2S. The van der Waals surface area contributed by atoms with E-state index in [1.54, 1.807) is 24.4 Å². The molecule has 1 aromatic heterocycles. The van der Waals surface area contributed by atoms with Gasteiger partial charge in [-0.25, -0.2) is 17.2 Å². The van der Waals surface area contributed by atoms with Crippen molar-refractivity contribution in [2.75, 3.05) is 4.72 Å². The second-order valence-corrected chi connectivity index (χ2v) is 7.79. The lowest BCUT2D eigenvalue weighted by molar-refractivity contribution is 0.551. The molecule has 1 heterocycles. The molecule has 0 atom stereocenters. The van der Waals surface area contributed by atoms with Crippen LogP contribution in [0.5, 0.6) is 0 Å². The Morgan fingerprint density at radius 3 is 2.50 bits per heavy atom. The number of nitrogens with zero attached hydrogens (tertiary/aromatic N) is 2. The fraction of sp³-hybridized carbons (Fsp3) is 0.0625. The third-order valence-corrected chi connectivity index (χ3v) is 5.52. The number of nitrogens with one attached hydrogen (secondary N) is 1. The zero-order valence-electron chi connectivity index (χ0n) is 13.0. The summed E-state index contributed by atoms with van der Waals surface area (Å²) in [4.78, 5) is -0.669. The number of halogens is 4. The molecule has 0 bridgehead atoms. The van der Waals surface area contributed by atoms with Gasteiger partial charge in [-0.3, -0.25) is 9.40 Å². The maximum atomic E-state index is 13.7. The average Bonchev–Trinajstić information content (AvgIpc) is 2.96. The number of hydrogen-bond acceptors (Lipinski definition) is 3. The van der Waals surface area contributed by atoms with Gasteiger partial charge in [0.05, 0.1) is 16.6 Å². The highest BCUT2D eigenvalue weighted by molar-refractivity contribution is 7.92. The third kappa shape index (κ3) is 4.14. The number of sulfonamides is 1. The molecular weight excluding hydrogens is 407 g/mol. The van der Waals surface area contributed by atoms with E-state index in [1.165, 1.54) is 10.7 Å². The minimum Gasteiger partial charge on any atom is -0.266 e. The molecule has 0 amide bonds. The van der Waals surface area contributed by atoms with Crippen molar-refractivity contribution in [2.24, 2.45) is 0 Å². The molecule has 0 unspecified atom stereocenters. The van der Waals surface area contributed by atoms with Crippen LogP contribution in [0.2, 0.25) is 10.0 Å².